The number of nitrogens with zero attached hydrogens (tertiary/aromatic N) is 4. The van der Waals surface area contributed by atoms with E-state index in [1.165, 1.54) is 52.0 Å². The van der Waals surface area contributed by atoms with Crippen LogP contribution in [0.1, 0.15) is 12.8 Å². The molecule has 30 heavy (non-hydrogen) atoms. The fraction of sp³-hybridized carbons (Fsp3) is 0.222. The highest BCUT2D eigenvalue weighted by Crippen LogP contribution is 2.27. The number of nitrogens with one attached hydrogen (secondary N) is 1. The standard InChI is InChI=1S/C18H18ClN5O4S2/c19-14-3-8-18(24-13-20-12-21-24)17(11-14)22-29(25,26)15-4-6-16(7-5-15)30(27,28)23-9-1-2-10-23/h3-8,11-13,22H,1-2,9-10H2. The first-order valence-electron chi connectivity index (χ1n) is 9.05. The fourth-order valence-electron chi connectivity index (χ4n) is 3.19. The summed E-state index contributed by atoms with van der Waals surface area (Å²) in [5, 5.41) is 4.35. The molecule has 0 amide bonds. The van der Waals surface area contributed by atoms with Gasteiger partial charge in [-0.05, 0) is 55.3 Å². The van der Waals surface area contributed by atoms with Crippen molar-refractivity contribution in [2.75, 3.05) is 17.8 Å². The second kappa shape index (κ2) is 7.99. The Morgan fingerprint density at radius 1 is 0.933 bits per heavy atom. The van der Waals surface area contributed by atoms with Crippen LogP contribution in [0.2, 0.25) is 5.02 Å². The maximum atomic E-state index is 12.9. The SMILES string of the molecule is O=S(=O)(Nc1cc(Cl)ccc1-n1cncn1)c1ccc(S(=O)(=O)N2CCCC2)cc1. The van der Waals surface area contributed by atoms with E-state index in [0.717, 1.165) is 12.8 Å². The molecule has 1 aromatic heterocycles. The van der Waals surface area contributed by atoms with Crippen molar-refractivity contribution < 1.29 is 16.8 Å². The summed E-state index contributed by atoms with van der Waals surface area (Å²) < 4.78 is 56.3. The van der Waals surface area contributed by atoms with Crippen molar-refractivity contribution in [2.24, 2.45) is 0 Å². The van der Waals surface area contributed by atoms with E-state index in [4.69, 9.17) is 11.6 Å². The van der Waals surface area contributed by atoms with E-state index in [1.807, 2.05) is 0 Å². The van der Waals surface area contributed by atoms with Crippen molar-refractivity contribution in [2.45, 2.75) is 22.6 Å². The van der Waals surface area contributed by atoms with Gasteiger partial charge in [-0.25, -0.2) is 26.5 Å². The molecule has 1 fully saturated rings. The van der Waals surface area contributed by atoms with E-state index in [2.05, 4.69) is 14.8 Å². The first-order chi connectivity index (χ1) is 14.3. The Morgan fingerprint density at radius 2 is 1.60 bits per heavy atom. The summed E-state index contributed by atoms with van der Waals surface area (Å²) in [5.41, 5.74) is 0.649. The zero-order valence-electron chi connectivity index (χ0n) is 15.6. The summed E-state index contributed by atoms with van der Waals surface area (Å²) in [4.78, 5) is 3.85. The average Bonchev–Trinajstić information content (AvgIpc) is 3.42. The van der Waals surface area contributed by atoms with Gasteiger partial charge in [-0.15, -0.1) is 0 Å². The Hall–Kier alpha value is -2.47. The lowest BCUT2D eigenvalue weighted by Gasteiger charge is -2.16. The maximum Gasteiger partial charge on any atom is 0.261 e. The molecule has 158 valence electrons. The van der Waals surface area contributed by atoms with Crippen molar-refractivity contribution in [3.8, 4) is 5.69 Å². The van der Waals surface area contributed by atoms with Crippen LogP contribution in [0.3, 0.4) is 0 Å². The molecule has 12 heteroatoms. The lowest BCUT2D eigenvalue weighted by Crippen LogP contribution is -2.27. The number of anilines is 1. The summed E-state index contributed by atoms with van der Waals surface area (Å²) in [6.45, 7) is 0.952. The van der Waals surface area contributed by atoms with Gasteiger partial charge in [0.1, 0.15) is 12.7 Å². The lowest BCUT2D eigenvalue weighted by molar-refractivity contribution is 0.477. The molecule has 9 nitrogen and oxygen atoms in total. The molecule has 0 unspecified atom stereocenters. The molecule has 2 heterocycles. The van der Waals surface area contributed by atoms with Crippen LogP contribution in [0.25, 0.3) is 5.69 Å². The molecule has 2 aromatic carbocycles. The largest absolute Gasteiger partial charge is 0.277 e. The minimum Gasteiger partial charge on any atom is -0.277 e. The van der Waals surface area contributed by atoms with E-state index >= 15 is 0 Å². The summed E-state index contributed by atoms with van der Waals surface area (Å²) in [6.07, 6.45) is 4.40. The molecule has 0 atom stereocenters. The van der Waals surface area contributed by atoms with Gasteiger partial charge in [0.25, 0.3) is 10.0 Å². The number of benzene rings is 2. The molecule has 1 saturated heterocycles. The van der Waals surface area contributed by atoms with E-state index in [9.17, 15) is 16.8 Å². The first-order valence-corrected chi connectivity index (χ1v) is 12.4. The summed E-state index contributed by atoms with van der Waals surface area (Å²) >= 11 is 6.03. The molecular formula is C18H18ClN5O4S2. The maximum absolute atomic E-state index is 12.9. The van der Waals surface area contributed by atoms with Gasteiger partial charge in [-0.3, -0.25) is 4.72 Å². The van der Waals surface area contributed by atoms with Crippen LogP contribution in [-0.4, -0.2) is 49.0 Å². The predicted octanol–water partition coefficient (Wildman–Crippen LogP) is 2.51. The van der Waals surface area contributed by atoms with Gasteiger partial charge in [-0.1, -0.05) is 11.6 Å². The summed E-state index contributed by atoms with van der Waals surface area (Å²) in [6, 6.07) is 9.82. The minimum atomic E-state index is -4.00. The highest BCUT2D eigenvalue weighted by atomic mass is 35.5. The van der Waals surface area contributed by atoms with Crippen molar-refractivity contribution >= 4 is 37.3 Å². The van der Waals surface area contributed by atoms with E-state index in [1.54, 1.807) is 12.1 Å². The van der Waals surface area contributed by atoms with Crippen LogP contribution in [0.15, 0.2) is 64.9 Å². The molecule has 3 aromatic rings. The van der Waals surface area contributed by atoms with Gasteiger partial charge in [0, 0.05) is 18.1 Å². The molecule has 0 radical (unpaired) electrons. The Kier molecular flexibility index (Phi) is 5.53. The van der Waals surface area contributed by atoms with Gasteiger partial charge >= 0.3 is 0 Å². The molecule has 4 rings (SSSR count). The quantitative estimate of drug-likeness (QED) is 0.595. The number of rotatable bonds is 6. The Balaban J connectivity index is 1.63. The highest BCUT2D eigenvalue weighted by Gasteiger charge is 2.27. The monoisotopic (exact) mass is 467 g/mol. The molecular weight excluding hydrogens is 450 g/mol. The molecule has 0 bridgehead atoms. The van der Waals surface area contributed by atoms with Gasteiger partial charge in [0.2, 0.25) is 10.0 Å². The van der Waals surface area contributed by atoms with E-state index in [-0.39, 0.29) is 15.5 Å². The molecule has 1 N–H and O–H groups in total. The third-order valence-corrected chi connectivity index (χ3v) is 8.23. The van der Waals surface area contributed by atoms with Gasteiger partial charge in [0.05, 0.1) is 21.2 Å². The normalized spacial score (nSPS) is 15.4. The number of halogens is 1. The second-order valence-corrected chi connectivity index (χ2v) is 10.7. The summed E-state index contributed by atoms with van der Waals surface area (Å²) in [7, 11) is -7.62. The van der Waals surface area contributed by atoms with Crippen LogP contribution >= 0.6 is 11.6 Å². The summed E-state index contributed by atoms with van der Waals surface area (Å²) in [5.74, 6) is 0. The molecule has 0 saturated carbocycles. The second-order valence-electron chi connectivity index (χ2n) is 6.69. The third kappa shape index (κ3) is 4.06. The lowest BCUT2D eigenvalue weighted by atomic mass is 10.3. The van der Waals surface area contributed by atoms with Crippen LogP contribution in [-0.2, 0) is 20.0 Å². The molecule has 1 aliphatic rings. The Morgan fingerprint density at radius 3 is 2.23 bits per heavy atom. The highest BCUT2D eigenvalue weighted by molar-refractivity contribution is 7.92. The number of hydrogen-bond acceptors (Lipinski definition) is 6. The smallest absolute Gasteiger partial charge is 0.261 e. The topological polar surface area (TPSA) is 114 Å². The van der Waals surface area contributed by atoms with Crippen molar-refractivity contribution in [1.29, 1.82) is 0 Å². The molecule has 1 aliphatic heterocycles. The average molecular weight is 468 g/mol. The van der Waals surface area contributed by atoms with Crippen LogP contribution < -0.4 is 4.72 Å². The molecule has 0 aliphatic carbocycles. The predicted molar refractivity (Wildman–Crippen MR) is 112 cm³/mol. The molecule has 0 spiro atoms. The third-order valence-electron chi connectivity index (χ3n) is 4.71. The number of sulfonamides is 2. The van der Waals surface area contributed by atoms with Crippen molar-refractivity contribution in [3.63, 3.8) is 0 Å². The van der Waals surface area contributed by atoms with Crippen LogP contribution in [0.4, 0.5) is 5.69 Å². The Labute approximate surface area is 179 Å². The number of aromatic nitrogens is 3. The first kappa shape index (κ1) is 20.8. The zero-order valence-corrected chi connectivity index (χ0v) is 18.0. The van der Waals surface area contributed by atoms with E-state index in [0.29, 0.717) is 23.8 Å². The van der Waals surface area contributed by atoms with Gasteiger partial charge in [-0.2, -0.15) is 9.40 Å². The van der Waals surface area contributed by atoms with Crippen LogP contribution in [0, 0.1) is 0 Å². The van der Waals surface area contributed by atoms with E-state index < -0.39 is 20.0 Å². The van der Waals surface area contributed by atoms with Crippen molar-refractivity contribution in [1.82, 2.24) is 19.1 Å². The minimum absolute atomic E-state index is 0.0643. The van der Waals surface area contributed by atoms with Gasteiger partial charge in [0.15, 0.2) is 0 Å². The number of hydrogen-bond donors (Lipinski definition) is 1. The van der Waals surface area contributed by atoms with Crippen LogP contribution in [0.5, 0.6) is 0 Å². The van der Waals surface area contributed by atoms with Gasteiger partial charge < -0.3 is 0 Å². The zero-order chi connectivity index (χ0) is 21.4. The fourth-order valence-corrected chi connectivity index (χ4v) is 5.95. The Bertz CT molecular complexity index is 1250. The van der Waals surface area contributed by atoms with Crippen molar-refractivity contribution in [3.05, 3.63) is 60.1 Å².